The van der Waals surface area contributed by atoms with Gasteiger partial charge in [0.1, 0.15) is 6.61 Å². The van der Waals surface area contributed by atoms with Gasteiger partial charge in [0.2, 0.25) is 5.88 Å². The number of ether oxygens (including phenoxy) is 1. The molecule has 2 aromatic rings. The van der Waals surface area contributed by atoms with Gasteiger partial charge in [-0.1, -0.05) is 30.3 Å². The molecule has 0 atom stereocenters. The van der Waals surface area contributed by atoms with Crippen LogP contribution in [0.4, 0.5) is 0 Å². The summed E-state index contributed by atoms with van der Waals surface area (Å²) in [6.07, 6.45) is 1.53. The number of aromatic nitrogens is 2. The van der Waals surface area contributed by atoms with Gasteiger partial charge < -0.3 is 4.74 Å². The molecule has 1 aromatic heterocycles. The molecule has 0 fully saturated rings. The SMILES string of the molecule is COc1ccnc(OOCc2ccccc2)n1. The first-order valence-corrected chi connectivity index (χ1v) is 5.09. The van der Waals surface area contributed by atoms with Crippen LogP contribution in [0.15, 0.2) is 42.6 Å². The molecule has 0 saturated carbocycles. The van der Waals surface area contributed by atoms with Crippen LogP contribution in [0.1, 0.15) is 5.56 Å². The summed E-state index contributed by atoms with van der Waals surface area (Å²) in [6, 6.07) is 11.4. The van der Waals surface area contributed by atoms with Gasteiger partial charge in [-0.2, -0.15) is 9.87 Å². The van der Waals surface area contributed by atoms with Crippen LogP contribution in [-0.4, -0.2) is 17.1 Å². The third-order valence-electron chi connectivity index (χ3n) is 2.02. The molecule has 0 saturated heterocycles. The van der Waals surface area contributed by atoms with Gasteiger partial charge in [-0.3, -0.25) is 4.89 Å². The van der Waals surface area contributed by atoms with Gasteiger partial charge in [-0.05, 0) is 5.56 Å². The molecule has 0 aliphatic rings. The first kappa shape index (κ1) is 11.3. The van der Waals surface area contributed by atoms with E-state index in [2.05, 4.69) is 9.97 Å². The van der Waals surface area contributed by atoms with Gasteiger partial charge in [0.05, 0.1) is 7.11 Å². The lowest BCUT2D eigenvalue weighted by Gasteiger charge is -2.04. The lowest BCUT2D eigenvalue weighted by molar-refractivity contribution is -0.223. The van der Waals surface area contributed by atoms with Crippen molar-refractivity contribution in [2.75, 3.05) is 7.11 Å². The Balaban J connectivity index is 1.86. The normalized spacial score (nSPS) is 9.94. The van der Waals surface area contributed by atoms with E-state index in [1.165, 1.54) is 13.3 Å². The van der Waals surface area contributed by atoms with Gasteiger partial charge in [0.25, 0.3) is 0 Å². The quantitative estimate of drug-likeness (QED) is 0.583. The minimum atomic E-state index is 0.125. The summed E-state index contributed by atoms with van der Waals surface area (Å²) in [5, 5.41) is 0. The van der Waals surface area contributed by atoms with E-state index in [4.69, 9.17) is 14.5 Å². The molecule has 5 heteroatoms. The number of benzene rings is 1. The van der Waals surface area contributed by atoms with Crippen molar-refractivity contribution in [1.29, 1.82) is 0 Å². The van der Waals surface area contributed by atoms with E-state index >= 15 is 0 Å². The van der Waals surface area contributed by atoms with Gasteiger partial charge in [-0.25, -0.2) is 4.98 Å². The van der Waals surface area contributed by atoms with Crippen LogP contribution in [0, 0.1) is 0 Å². The molecule has 1 aromatic carbocycles. The Hall–Kier alpha value is -2.14. The predicted molar refractivity (Wildman–Crippen MR) is 60.4 cm³/mol. The van der Waals surface area contributed by atoms with Crippen molar-refractivity contribution in [2.45, 2.75) is 6.61 Å². The molecule has 0 N–H and O–H groups in total. The molecular weight excluding hydrogens is 220 g/mol. The lowest BCUT2D eigenvalue weighted by Crippen LogP contribution is -2.01. The number of nitrogens with zero attached hydrogens (tertiary/aromatic N) is 2. The lowest BCUT2D eigenvalue weighted by atomic mass is 10.2. The highest BCUT2D eigenvalue weighted by Crippen LogP contribution is 2.10. The number of hydrogen-bond acceptors (Lipinski definition) is 5. The highest BCUT2D eigenvalue weighted by atomic mass is 17.2. The van der Waals surface area contributed by atoms with Crippen molar-refractivity contribution in [3.63, 3.8) is 0 Å². The van der Waals surface area contributed by atoms with E-state index in [-0.39, 0.29) is 6.01 Å². The van der Waals surface area contributed by atoms with Crippen molar-refractivity contribution in [3.05, 3.63) is 48.2 Å². The van der Waals surface area contributed by atoms with Crippen LogP contribution in [0.3, 0.4) is 0 Å². The maximum Gasteiger partial charge on any atom is 0.356 e. The van der Waals surface area contributed by atoms with E-state index < -0.39 is 0 Å². The molecule has 0 unspecified atom stereocenters. The Bertz CT molecular complexity index is 462. The van der Waals surface area contributed by atoms with Crippen LogP contribution >= 0.6 is 0 Å². The van der Waals surface area contributed by atoms with Crippen molar-refractivity contribution in [3.8, 4) is 11.9 Å². The molecule has 0 aliphatic carbocycles. The minimum Gasteiger partial charge on any atom is -0.481 e. The topological polar surface area (TPSA) is 53.5 Å². The number of hydrogen-bond donors (Lipinski definition) is 0. The molecule has 0 bridgehead atoms. The zero-order valence-corrected chi connectivity index (χ0v) is 9.37. The van der Waals surface area contributed by atoms with Crippen molar-refractivity contribution in [2.24, 2.45) is 0 Å². The summed E-state index contributed by atoms with van der Waals surface area (Å²) in [5.41, 5.74) is 1.01. The Morgan fingerprint density at radius 1 is 1.12 bits per heavy atom. The third kappa shape index (κ3) is 3.42. The molecular formula is C12H12N2O3. The van der Waals surface area contributed by atoms with Gasteiger partial charge in [0, 0.05) is 12.3 Å². The van der Waals surface area contributed by atoms with E-state index in [0.717, 1.165) is 5.56 Å². The fourth-order valence-electron chi connectivity index (χ4n) is 1.20. The molecule has 2 rings (SSSR count). The summed E-state index contributed by atoms with van der Waals surface area (Å²) in [4.78, 5) is 17.8. The molecule has 1 heterocycles. The summed E-state index contributed by atoms with van der Waals surface area (Å²) in [6.45, 7) is 0.335. The first-order valence-electron chi connectivity index (χ1n) is 5.09. The molecule has 17 heavy (non-hydrogen) atoms. The summed E-state index contributed by atoms with van der Waals surface area (Å²) >= 11 is 0. The highest BCUT2D eigenvalue weighted by Gasteiger charge is 2.01. The fourth-order valence-corrected chi connectivity index (χ4v) is 1.20. The average Bonchev–Trinajstić information content (AvgIpc) is 2.40. The zero-order chi connectivity index (χ0) is 11.9. The summed E-state index contributed by atoms with van der Waals surface area (Å²) in [5.74, 6) is 0.429. The standard InChI is InChI=1S/C12H12N2O3/c1-15-11-7-8-13-12(14-11)17-16-9-10-5-3-2-4-6-10/h2-8H,9H2,1H3. The number of methoxy groups -OCH3 is 1. The smallest absolute Gasteiger partial charge is 0.356 e. The average molecular weight is 232 g/mol. The Labute approximate surface area is 98.9 Å². The molecule has 0 radical (unpaired) electrons. The van der Waals surface area contributed by atoms with Gasteiger partial charge in [-0.15, -0.1) is 0 Å². The maximum atomic E-state index is 5.02. The number of rotatable bonds is 5. The second kappa shape index (κ2) is 5.81. The largest absolute Gasteiger partial charge is 0.481 e. The second-order valence-corrected chi connectivity index (χ2v) is 3.21. The van der Waals surface area contributed by atoms with E-state index in [0.29, 0.717) is 12.5 Å². The highest BCUT2D eigenvalue weighted by molar-refractivity contribution is 5.13. The Morgan fingerprint density at radius 3 is 2.71 bits per heavy atom. The Kier molecular flexibility index (Phi) is 3.88. The maximum absolute atomic E-state index is 5.02. The molecule has 88 valence electrons. The molecule has 5 nitrogen and oxygen atoms in total. The molecule has 0 spiro atoms. The van der Waals surface area contributed by atoms with E-state index in [1.807, 2.05) is 30.3 Å². The van der Waals surface area contributed by atoms with E-state index in [9.17, 15) is 0 Å². The van der Waals surface area contributed by atoms with Crippen LogP contribution < -0.4 is 9.62 Å². The second-order valence-electron chi connectivity index (χ2n) is 3.21. The van der Waals surface area contributed by atoms with E-state index in [1.54, 1.807) is 6.07 Å². The fraction of sp³-hybridized carbons (Fsp3) is 0.167. The summed E-state index contributed by atoms with van der Waals surface area (Å²) in [7, 11) is 1.52. The Morgan fingerprint density at radius 2 is 1.94 bits per heavy atom. The monoisotopic (exact) mass is 232 g/mol. The van der Waals surface area contributed by atoms with Crippen LogP contribution in [0.2, 0.25) is 0 Å². The summed E-state index contributed by atoms with van der Waals surface area (Å²) < 4.78 is 4.93. The zero-order valence-electron chi connectivity index (χ0n) is 9.37. The van der Waals surface area contributed by atoms with Crippen molar-refractivity contribution >= 4 is 0 Å². The van der Waals surface area contributed by atoms with Crippen molar-refractivity contribution < 1.29 is 14.5 Å². The molecule has 0 aliphatic heterocycles. The van der Waals surface area contributed by atoms with Crippen LogP contribution in [0.5, 0.6) is 11.9 Å². The first-order chi connectivity index (χ1) is 8.38. The van der Waals surface area contributed by atoms with Gasteiger partial charge >= 0.3 is 6.01 Å². The van der Waals surface area contributed by atoms with Crippen LogP contribution in [0.25, 0.3) is 0 Å². The minimum absolute atomic E-state index is 0.125. The third-order valence-corrected chi connectivity index (χ3v) is 2.02. The van der Waals surface area contributed by atoms with Crippen molar-refractivity contribution in [1.82, 2.24) is 9.97 Å². The molecule has 0 amide bonds. The van der Waals surface area contributed by atoms with Crippen LogP contribution in [-0.2, 0) is 11.5 Å². The van der Waals surface area contributed by atoms with Gasteiger partial charge in [0.15, 0.2) is 0 Å². The predicted octanol–water partition coefficient (Wildman–Crippen LogP) is 2.00.